The molecular formula is C58H60N4O11. The van der Waals surface area contributed by atoms with Crippen LogP contribution in [0.3, 0.4) is 0 Å². The second-order valence-electron chi connectivity index (χ2n) is 19.2. The van der Waals surface area contributed by atoms with Crippen LogP contribution in [-0.2, 0) is 38.7 Å². The summed E-state index contributed by atoms with van der Waals surface area (Å²) in [4.78, 5) is 68.0. The first-order chi connectivity index (χ1) is 35.6. The maximum absolute atomic E-state index is 16.6. The van der Waals surface area contributed by atoms with Gasteiger partial charge in [-0.05, 0) is 103 Å². The number of carbonyl (C=O) groups is 4. The minimum atomic E-state index is -2.08. The molecule has 3 N–H and O–H groups in total. The number of hydrogen-bond donors (Lipinski definition) is 3. The van der Waals surface area contributed by atoms with E-state index in [2.05, 4.69) is 22.1 Å². The van der Waals surface area contributed by atoms with Crippen LogP contribution < -0.4 is 19.9 Å². The van der Waals surface area contributed by atoms with E-state index in [1.54, 1.807) is 54.6 Å². The molecule has 5 aromatic rings. The Morgan fingerprint density at radius 2 is 1.47 bits per heavy atom. The van der Waals surface area contributed by atoms with Crippen LogP contribution >= 0.6 is 0 Å². The summed E-state index contributed by atoms with van der Waals surface area (Å²) in [5.41, 5.74) is 0.826. The molecule has 0 radical (unpaired) electrons. The van der Waals surface area contributed by atoms with E-state index >= 15 is 14.4 Å². The molecule has 6 atom stereocenters. The standard InChI is InChI=1S/C58H60N4O11/c1-69-36-37-72-56(67)61-47-25-16-39(26-29-57(68)27-10-2-3-11-28-57)38-46(47)58(55(61)66)48(53(64)59-43-19-21-44(22-20-43)60-30-33-70-34-31-60)50-54(65)73-51(41-14-8-5-9-15-41)49(40-12-6-4-7-13-40)62(50)52(58)42-17-23-45(24-18-42)71-35-32-63/h4-9,12-25,38,48-52,63,68H,2-3,10-11,27-28,30-37H2,1H3,(H,59,64)/t48-,49-,50-,51+,52+,58-/m1/s1. The van der Waals surface area contributed by atoms with E-state index in [-0.39, 0.29) is 37.7 Å². The molecule has 0 bridgehead atoms. The Balaban J connectivity index is 1.23. The molecule has 73 heavy (non-hydrogen) atoms. The van der Waals surface area contributed by atoms with Crippen molar-refractivity contribution in [2.45, 2.75) is 73.8 Å². The Morgan fingerprint density at radius 1 is 0.781 bits per heavy atom. The summed E-state index contributed by atoms with van der Waals surface area (Å²) in [6.07, 6.45) is 2.73. The van der Waals surface area contributed by atoms with Gasteiger partial charge in [-0.15, -0.1) is 0 Å². The minimum Gasteiger partial charge on any atom is -0.491 e. The van der Waals surface area contributed by atoms with Crippen molar-refractivity contribution in [2.75, 3.05) is 75.0 Å². The molecule has 5 aromatic carbocycles. The maximum atomic E-state index is 16.6. The summed E-state index contributed by atoms with van der Waals surface area (Å²) in [5.74, 6) is 3.06. The van der Waals surface area contributed by atoms with Gasteiger partial charge < -0.3 is 44.1 Å². The molecular weight excluding hydrogens is 929 g/mol. The number of amides is 3. The lowest BCUT2D eigenvalue weighted by molar-refractivity contribution is -0.177. The van der Waals surface area contributed by atoms with Crippen LogP contribution in [0.1, 0.15) is 84.5 Å². The average Bonchev–Trinajstić information content (AvgIpc) is 3.76. The fourth-order valence-corrected chi connectivity index (χ4v) is 11.6. The van der Waals surface area contributed by atoms with Crippen molar-refractivity contribution in [2.24, 2.45) is 5.92 Å². The summed E-state index contributed by atoms with van der Waals surface area (Å²) in [5, 5.41) is 24.5. The number of nitrogens with zero attached hydrogens (tertiary/aromatic N) is 3. The average molecular weight is 989 g/mol. The predicted molar refractivity (Wildman–Crippen MR) is 272 cm³/mol. The summed E-state index contributed by atoms with van der Waals surface area (Å²) in [7, 11) is 1.47. The zero-order chi connectivity index (χ0) is 50.5. The molecule has 4 aliphatic heterocycles. The van der Waals surface area contributed by atoms with Gasteiger partial charge in [-0.1, -0.05) is 97.5 Å². The molecule has 1 aliphatic carbocycles. The normalized spacial score (nSPS) is 24.4. The van der Waals surface area contributed by atoms with E-state index in [4.69, 9.17) is 23.7 Å². The Kier molecular flexibility index (Phi) is 14.6. The van der Waals surface area contributed by atoms with Gasteiger partial charge in [0.1, 0.15) is 42.1 Å². The number of benzene rings is 5. The molecule has 5 aliphatic rings. The molecule has 1 spiro atoms. The number of aliphatic hydroxyl groups is 2. The monoisotopic (exact) mass is 988 g/mol. The number of ether oxygens (including phenoxy) is 5. The molecule has 4 heterocycles. The van der Waals surface area contributed by atoms with Crippen molar-refractivity contribution in [1.29, 1.82) is 0 Å². The van der Waals surface area contributed by atoms with Crippen molar-refractivity contribution >= 4 is 40.9 Å². The van der Waals surface area contributed by atoms with Gasteiger partial charge in [0.15, 0.2) is 0 Å². The third-order valence-corrected chi connectivity index (χ3v) is 14.9. The van der Waals surface area contributed by atoms with Crippen molar-refractivity contribution < 1.29 is 53.1 Å². The summed E-state index contributed by atoms with van der Waals surface area (Å²) in [6, 6.07) is 35.0. The molecule has 378 valence electrons. The number of rotatable bonds is 12. The Hall–Kier alpha value is -7.06. The van der Waals surface area contributed by atoms with Crippen molar-refractivity contribution in [1.82, 2.24) is 4.90 Å². The van der Waals surface area contributed by atoms with Gasteiger partial charge in [0.2, 0.25) is 11.8 Å². The van der Waals surface area contributed by atoms with Crippen LogP contribution in [0, 0.1) is 17.8 Å². The third-order valence-electron chi connectivity index (χ3n) is 14.9. The summed E-state index contributed by atoms with van der Waals surface area (Å²) in [6.45, 7) is 2.27. The highest BCUT2D eigenvalue weighted by Gasteiger charge is 2.76. The lowest BCUT2D eigenvalue weighted by atomic mass is 9.65. The molecule has 3 amide bonds. The van der Waals surface area contributed by atoms with Crippen LogP contribution in [0.25, 0.3) is 0 Å². The molecule has 4 fully saturated rings. The first-order valence-electron chi connectivity index (χ1n) is 25.2. The second kappa shape index (κ2) is 21.6. The number of fused-ring (bicyclic) bond motifs is 3. The highest BCUT2D eigenvalue weighted by atomic mass is 16.6. The first-order valence-corrected chi connectivity index (χ1v) is 25.2. The van der Waals surface area contributed by atoms with Gasteiger partial charge in [0.25, 0.3) is 0 Å². The number of hydrogen-bond acceptors (Lipinski definition) is 13. The second-order valence-corrected chi connectivity index (χ2v) is 19.2. The molecule has 0 aromatic heterocycles. The van der Waals surface area contributed by atoms with Crippen LogP contribution in [0.15, 0.2) is 127 Å². The third kappa shape index (κ3) is 9.57. The van der Waals surface area contributed by atoms with Crippen LogP contribution in [0.5, 0.6) is 5.75 Å². The molecule has 1 saturated carbocycles. The SMILES string of the molecule is COCCOC(=O)N1C(=O)[C@@]2(c3cc(C#CC4(O)CCCCCC4)ccc31)[C@H](c1ccc(OCCO)cc1)N1[C@H](c3ccccc3)[C@H](c3ccccc3)OC(=O)[C@H]1[C@@H]2C(=O)Nc1ccc(N2CCOCC2)cc1. The highest BCUT2D eigenvalue weighted by Crippen LogP contribution is 2.66. The number of carbonyl (C=O) groups excluding carboxylic acids is 4. The number of morpholine rings is 2. The number of esters is 1. The Morgan fingerprint density at radius 3 is 2.14 bits per heavy atom. The highest BCUT2D eigenvalue weighted by molar-refractivity contribution is 6.24. The van der Waals surface area contributed by atoms with Crippen molar-refractivity contribution in [3.63, 3.8) is 0 Å². The number of imide groups is 1. The zero-order valence-corrected chi connectivity index (χ0v) is 40.8. The number of anilines is 3. The fourth-order valence-electron chi connectivity index (χ4n) is 11.6. The molecule has 10 rings (SSSR count). The molecule has 15 heteroatoms. The van der Waals surface area contributed by atoms with E-state index in [0.717, 1.165) is 41.8 Å². The maximum Gasteiger partial charge on any atom is 0.421 e. The zero-order valence-electron chi connectivity index (χ0n) is 40.8. The first kappa shape index (κ1) is 49.5. The van der Waals surface area contributed by atoms with E-state index < -0.39 is 65.0 Å². The van der Waals surface area contributed by atoms with Crippen LogP contribution in [-0.4, -0.2) is 110 Å². The number of aliphatic hydroxyl groups excluding tert-OH is 1. The van der Waals surface area contributed by atoms with E-state index in [1.807, 2.05) is 77.7 Å². The van der Waals surface area contributed by atoms with E-state index in [1.165, 1.54) is 7.11 Å². The van der Waals surface area contributed by atoms with E-state index in [0.29, 0.717) is 67.3 Å². The van der Waals surface area contributed by atoms with Crippen molar-refractivity contribution in [3.05, 3.63) is 155 Å². The molecule has 3 saturated heterocycles. The Labute approximate surface area is 424 Å². The number of cyclic esters (lactones) is 1. The lowest BCUT2D eigenvalue weighted by Crippen LogP contribution is -2.54. The van der Waals surface area contributed by atoms with E-state index in [9.17, 15) is 15.0 Å². The molecule has 15 nitrogen and oxygen atoms in total. The van der Waals surface area contributed by atoms with Gasteiger partial charge in [-0.2, -0.15) is 0 Å². The topological polar surface area (TPSA) is 177 Å². The van der Waals surface area contributed by atoms with Gasteiger partial charge in [-0.25, -0.2) is 9.69 Å². The minimum absolute atomic E-state index is 0.0300. The summed E-state index contributed by atoms with van der Waals surface area (Å²) < 4.78 is 29.0. The smallest absolute Gasteiger partial charge is 0.421 e. The van der Waals surface area contributed by atoms with Crippen molar-refractivity contribution in [3.8, 4) is 17.6 Å². The van der Waals surface area contributed by atoms with Gasteiger partial charge >= 0.3 is 12.1 Å². The van der Waals surface area contributed by atoms with Gasteiger partial charge in [0, 0.05) is 37.1 Å². The van der Waals surface area contributed by atoms with Gasteiger partial charge in [0.05, 0.1) is 50.1 Å². The number of nitrogens with one attached hydrogen (secondary N) is 1. The lowest BCUT2D eigenvalue weighted by Gasteiger charge is -2.46. The largest absolute Gasteiger partial charge is 0.491 e. The fraction of sp³-hybridized carbons (Fsp3) is 0.379. The summed E-state index contributed by atoms with van der Waals surface area (Å²) >= 11 is 0. The Bertz CT molecular complexity index is 2840. The number of methoxy groups -OCH3 is 1. The van der Waals surface area contributed by atoms with Gasteiger partial charge in [-0.3, -0.25) is 19.3 Å². The van der Waals surface area contributed by atoms with Crippen LogP contribution in [0.2, 0.25) is 0 Å². The quantitative estimate of drug-likeness (QED) is 0.0488. The predicted octanol–water partition coefficient (Wildman–Crippen LogP) is 7.42. The van der Waals surface area contributed by atoms with Crippen LogP contribution in [0.4, 0.5) is 21.9 Å². The molecule has 0 unspecified atom stereocenters.